The first-order valence-electron chi connectivity index (χ1n) is 7.59. The van der Waals surface area contributed by atoms with Crippen LogP contribution in [0.4, 0.5) is 17.2 Å². The van der Waals surface area contributed by atoms with Crippen molar-refractivity contribution in [1.82, 2.24) is 9.97 Å². The van der Waals surface area contributed by atoms with Crippen molar-refractivity contribution in [3.8, 4) is 0 Å². The van der Waals surface area contributed by atoms with Crippen LogP contribution in [0.15, 0.2) is 30.5 Å². The number of aryl methyl sites for hydroxylation is 1. The molecule has 0 spiro atoms. The summed E-state index contributed by atoms with van der Waals surface area (Å²) in [7, 11) is 0. The Labute approximate surface area is 146 Å². The standard InChI is InChI=1S/C17H21ClN4O2/c1-17(2,3)24-14(23)9-6-11-4-7-12(8-5-11)21-15-13(19)10-20-16(18)22-15/h4-5,7-8,10H,6,9,19H2,1-3H3,(H,20,21,22). The van der Waals surface area contributed by atoms with Gasteiger partial charge in [0.1, 0.15) is 5.60 Å². The summed E-state index contributed by atoms with van der Waals surface area (Å²) >= 11 is 5.76. The molecule has 0 saturated carbocycles. The lowest BCUT2D eigenvalue weighted by molar-refractivity contribution is -0.154. The van der Waals surface area contributed by atoms with Gasteiger partial charge in [0.2, 0.25) is 5.28 Å². The second-order valence-electron chi connectivity index (χ2n) is 6.35. The van der Waals surface area contributed by atoms with Gasteiger partial charge in [-0.1, -0.05) is 12.1 Å². The average molecular weight is 349 g/mol. The van der Waals surface area contributed by atoms with Gasteiger partial charge in [-0.2, -0.15) is 4.98 Å². The number of anilines is 3. The zero-order chi connectivity index (χ0) is 17.7. The van der Waals surface area contributed by atoms with Crippen molar-refractivity contribution in [2.45, 2.75) is 39.2 Å². The number of nitrogens with zero attached hydrogens (tertiary/aromatic N) is 2. The van der Waals surface area contributed by atoms with E-state index in [-0.39, 0.29) is 11.3 Å². The Bertz CT molecular complexity index is 712. The third kappa shape index (κ3) is 5.70. The number of nitrogen functional groups attached to an aromatic ring is 1. The highest BCUT2D eigenvalue weighted by molar-refractivity contribution is 6.28. The molecule has 1 aromatic carbocycles. The lowest BCUT2D eigenvalue weighted by Gasteiger charge is -2.19. The van der Waals surface area contributed by atoms with Crippen LogP contribution in [0.3, 0.4) is 0 Å². The molecule has 2 rings (SSSR count). The number of carbonyl (C=O) groups excluding carboxylic acids is 1. The van der Waals surface area contributed by atoms with E-state index in [0.29, 0.717) is 24.3 Å². The Morgan fingerprint density at radius 2 is 1.96 bits per heavy atom. The predicted molar refractivity (Wildman–Crippen MR) is 95.3 cm³/mol. The Hall–Kier alpha value is -2.34. The molecule has 0 aliphatic carbocycles. The highest BCUT2D eigenvalue weighted by Gasteiger charge is 2.15. The molecule has 1 aromatic heterocycles. The highest BCUT2D eigenvalue weighted by Crippen LogP contribution is 2.22. The van der Waals surface area contributed by atoms with Crippen molar-refractivity contribution >= 4 is 34.8 Å². The van der Waals surface area contributed by atoms with Gasteiger partial charge in [-0.15, -0.1) is 0 Å². The number of hydrogen-bond acceptors (Lipinski definition) is 6. The molecular weight excluding hydrogens is 328 g/mol. The minimum Gasteiger partial charge on any atom is -0.460 e. The largest absolute Gasteiger partial charge is 0.460 e. The molecule has 2 aromatic rings. The summed E-state index contributed by atoms with van der Waals surface area (Å²) in [4.78, 5) is 19.6. The average Bonchev–Trinajstić information content (AvgIpc) is 2.48. The van der Waals surface area contributed by atoms with E-state index in [1.54, 1.807) is 0 Å². The van der Waals surface area contributed by atoms with E-state index in [1.165, 1.54) is 6.20 Å². The zero-order valence-electron chi connectivity index (χ0n) is 14.0. The molecule has 0 aliphatic heterocycles. The molecule has 0 atom stereocenters. The number of benzene rings is 1. The minimum absolute atomic E-state index is 0.126. The SMILES string of the molecule is CC(C)(C)OC(=O)CCc1ccc(Nc2nc(Cl)ncc2N)cc1. The maximum absolute atomic E-state index is 11.7. The van der Waals surface area contributed by atoms with E-state index in [1.807, 2.05) is 45.0 Å². The smallest absolute Gasteiger partial charge is 0.306 e. The molecule has 0 unspecified atom stereocenters. The fourth-order valence-electron chi connectivity index (χ4n) is 2.00. The second-order valence-corrected chi connectivity index (χ2v) is 6.69. The molecule has 1 heterocycles. The van der Waals surface area contributed by atoms with E-state index in [0.717, 1.165) is 11.3 Å². The van der Waals surface area contributed by atoms with Gasteiger partial charge in [0.25, 0.3) is 0 Å². The van der Waals surface area contributed by atoms with Gasteiger partial charge in [-0.25, -0.2) is 4.98 Å². The van der Waals surface area contributed by atoms with Crippen molar-refractivity contribution in [3.05, 3.63) is 41.3 Å². The van der Waals surface area contributed by atoms with Crippen LogP contribution in [0.5, 0.6) is 0 Å². The molecule has 0 aliphatic rings. The van der Waals surface area contributed by atoms with Gasteiger partial charge in [0.15, 0.2) is 5.82 Å². The van der Waals surface area contributed by atoms with Gasteiger partial charge < -0.3 is 15.8 Å². The Morgan fingerprint density at radius 1 is 1.29 bits per heavy atom. The lowest BCUT2D eigenvalue weighted by atomic mass is 10.1. The number of halogens is 1. The van der Waals surface area contributed by atoms with Crippen LogP contribution in [0.2, 0.25) is 5.28 Å². The van der Waals surface area contributed by atoms with Gasteiger partial charge in [0, 0.05) is 12.1 Å². The Morgan fingerprint density at radius 3 is 2.58 bits per heavy atom. The van der Waals surface area contributed by atoms with Gasteiger partial charge in [-0.3, -0.25) is 4.79 Å². The zero-order valence-corrected chi connectivity index (χ0v) is 14.7. The molecule has 24 heavy (non-hydrogen) atoms. The summed E-state index contributed by atoms with van der Waals surface area (Å²) < 4.78 is 5.29. The summed E-state index contributed by atoms with van der Waals surface area (Å²) in [5.41, 5.74) is 7.62. The maximum atomic E-state index is 11.7. The van der Waals surface area contributed by atoms with E-state index < -0.39 is 5.60 Å². The number of ether oxygens (including phenoxy) is 1. The Balaban J connectivity index is 1.93. The molecule has 0 radical (unpaired) electrons. The van der Waals surface area contributed by atoms with Crippen LogP contribution in [0.25, 0.3) is 0 Å². The first-order valence-corrected chi connectivity index (χ1v) is 7.96. The molecule has 0 bridgehead atoms. The predicted octanol–water partition coefficient (Wildman–Crippen LogP) is 3.73. The lowest BCUT2D eigenvalue weighted by Crippen LogP contribution is -2.23. The van der Waals surface area contributed by atoms with Gasteiger partial charge in [0.05, 0.1) is 11.9 Å². The van der Waals surface area contributed by atoms with E-state index >= 15 is 0 Å². The van der Waals surface area contributed by atoms with Crippen molar-refractivity contribution in [3.63, 3.8) is 0 Å². The van der Waals surface area contributed by atoms with E-state index in [2.05, 4.69) is 15.3 Å². The minimum atomic E-state index is -0.455. The number of esters is 1. The molecule has 7 heteroatoms. The summed E-state index contributed by atoms with van der Waals surface area (Å²) in [6.45, 7) is 5.57. The highest BCUT2D eigenvalue weighted by atomic mass is 35.5. The normalized spacial score (nSPS) is 11.2. The number of hydrogen-bond donors (Lipinski definition) is 2. The monoisotopic (exact) mass is 348 g/mol. The fourth-order valence-corrected chi connectivity index (χ4v) is 2.13. The summed E-state index contributed by atoms with van der Waals surface area (Å²) in [6, 6.07) is 7.65. The van der Waals surface area contributed by atoms with E-state index in [4.69, 9.17) is 22.1 Å². The van der Waals surface area contributed by atoms with Gasteiger partial charge >= 0.3 is 5.97 Å². The van der Waals surface area contributed by atoms with Crippen molar-refractivity contribution < 1.29 is 9.53 Å². The number of rotatable bonds is 5. The van der Waals surface area contributed by atoms with Crippen LogP contribution in [0, 0.1) is 0 Å². The summed E-state index contributed by atoms with van der Waals surface area (Å²) in [5.74, 6) is 0.254. The van der Waals surface area contributed by atoms with Crippen molar-refractivity contribution in [1.29, 1.82) is 0 Å². The first-order chi connectivity index (χ1) is 11.2. The fraction of sp³-hybridized carbons (Fsp3) is 0.353. The number of nitrogens with two attached hydrogens (primary N) is 1. The van der Waals surface area contributed by atoms with Crippen LogP contribution < -0.4 is 11.1 Å². The van der Waals surface area contributed by atoms with Crippen LogP contribution >= 0.6 is 11.6 Å². The van der Waals surface area contributed by atoms with Crippen molar-refractivity contribution in [2.24, 2.45) is 0 Å². The number of carbonyl (C=O) groups is 1. The Kier molecular flexibility index (Phi) is 5.62. The second kappa shape index (κ2) is 7.49. The summed E-state index contributed by atoms with van der Waals surface area (Å²) in [5, 5.41) is 3.21. The first kappa shape index (κ1) is 18.0. The van der Waals surface area contributed by atoms with Crippen molar-refractivity contribution in [2.75, 3.05) is 11.1 Å². The van der Waals surface area contributed by atoms with Crippen LogP contribution in [0.1, 0.15) is 32.8 Å². The van der Waals surface area contributed by atoms with Crippen LogP contribution in [-0.2, 0) is 16.0 Å². The number of nitrogens with one attached hydrogen (secondary N) is 1. The summed E-state index contributed by atoms with van der Waals surface area (Å²) in [6.07, 6.45) is 2.42. The number of aromatic nitrogens is 2. The maximum Gasteiger partial charge on any atom is 0.306 e. The quantitative estimate of drug-likeness (QED) is 0.632. The molecule has 128 valence electrons. The van der Waals surface area contributed by atoms with Crippen LogP contribution in [-0.4, -0.2) is 21.5 Å². The molecule has 3 N–H and O–H groups in total. The molecule has 6 nitrogen and oxygen atoms in total. The molecule has 0 amide bonds. The van der Waals surface area contributed by atoms with Gasteiger partial charge in [-0.05, 0) is 56.5 Å². The molecular formula is C17H21ClN4O2. The molecule has 0 saturated heterocycles. The van der Waals surface area contributed by atoms with E-state index in [9.17, 15) is 4.79 Å². The third-order valence-electron chi connectivity index (χ3n) is 3.04. The third-order valence-corrected chi connectivity index (χ3v) is 3.22. The topological polar surface area (TPSA) is 90.1 Å². The molecule has 0 fully saturated rings.